The summed E-state index contributed by atoms with van der Waals surface area (Å²) >= 11 is 0. The molecule has 0 aliphatic heterocycles. The van der Waals surface area contributed by atoms with E-state index >= 15 is 0 Å². The van der Waals surface area contributed by atoms with Crippen LogP contribution >= 0.6 is 0 Å². The van der Waals surface area contributed by atoms with Crippen molar-refractivity contribution in [3.05, 3.63) is 35.6 Å². The Morgan fingerprint density at radius 3 is 2.42 bits per heavy atom. The van der Waals surface area contributed by atoms with Gasteiger partial charge in [-0.1, -0.05) is 0 Å². The van der Waals surface area contributed by atoms with Crippen molar-refractivity contribution in [2.75, 3.05) is 0 Å². The van der Waals surface area contributed by atoms with Crippen molar-refractivity contribution in [1.82, 2.24) is 5.32 Å². The molecule has 2 N–H and O–H groups in total. The summed E-state index contributed by atoms with van der Waals surface area (Å²) < 4.78 is 11.0. The lowest BCUT2D eigenvalue weighted by molar-refractivity contribution is 0.0470. The second-order valence-electron chi connectivity index (χ2n) is 7.46. The van der Waals surface area contributed by atoms with Gasteiger partial charge in [0.2, 0.25) is 0 Å². The fourth-order valence-corrected chi connectivity index (χ4v) is 2.38. The summed E-state index contributed by atoms with van der Waals surface area (Å²) in [6.07, 6.45) is -0.0414. The number of benzene rings is 1. The highest BCUT2D eigenvalue weighted by molar-refractivity contribution is 5.93. The minimum absolute atomic E-state index is 0.209. The second-order valence-corrected chi connectivity index (χ2v) is 7.46. The number of fused-ring (bicyclic) bond motifs is 1. The molecule has 0 bridgehead atoms. The number of carboxylic acids is 1. The van der Waals surface area contributed by atoms with Crippen LogP contribution in [-0.2, 0) is 11.2 Å². The van der Waals surface area contributed by atoms with Crippen molar-refractivity contribution in [3.8, 4) is 0 Å². The Hall–Kier alpha value is -2.50. The van der Waals surface area contributed by atoms with Gasteiger partial charge in [-0.3, -0.25) is 0 Å². The van der Waals surface area contributed by atoms with Crippen molar-refractivity contribution in [2.24, 2.45) is 0 Å². The smallest absolute Gasteiger partial charge is 0.408 e. The van der Waals surface area contributed by atoms with Crippen molar-refractivity contribution in [2.45, 2.75) is 52.2 Å². The highest BCUT2D eigenvalue weighted by Crippen LogP contribution is 2.24. The van der Waals surface area contributed by atoms with Crippen LogP contribution < -0.4 is 5.32 Å². The number of aromatic carboxylic acids is 1. The van der Waals surface area contributed by atoms with Crippen molar-refractivity contribution in [1.29, 1.82) is 0 Å². The Labute approximate surface area is 140 Å². The predicted molar refractivity (Wildman–Crippen MR) is 90.3 cm³/mol. The SMILES string of the molecule is CC(C)(Cc1cc2cc(C(=O)O)ccc2o1)NC(=O)OC(C)(C)C. The number of nitrogens with one attached hydrogen (secondary N) is 1. The van der Waals surface area contributed by atoms with E-state index in [1.54, 1.807) is 39.0 Å². The van der Waals surface area contributed by atoms with Crippen LogP contribution in [0.3, 0.4) is 0 Å². The van der Waals surface area contributed by atoms with E-state index in [0.29, 0.717) is 17.8 Å². The molecule has 6 heteroatoms. The number of carbonyl (C=O) groups excluding carboxylic acids is 1. The number of hydrogen-bond donors (Lipinski definition) is 2. The van der Waals surface area contributed by atoms with Gasteiger partial charge in [-0.25, -0.2) is 9.59 Å². The molecule has 2 aromatic rings. The number of ether oxygens (including phenoxy) is 1. The van der Waals surface area contributed by atoms with Gasteiger partial charge in [0.25, 0.3) is 0 Å². The molecule has 0 aliphatic rings. The molecule has 0 saturated carbocycles. The van der Waals surface area contributed by atoms with Gasteiger partial charge in [0.1, 0.15) is 16.9 Å². The zero-order valence-corrected chi connectivity index (χ0v) is 14.6. The monoisotopic (exact) mass is 333 g/mol. The molecule has 1 aromatic carbocycles. The molecule has 0 spiro atoms. The van der Waals surface area contributed by atoms with E-state index < -0.39 is 23.2 Å². The summed E-state index contributed by atoms with van der Waals surface area (Å²) in [4.78, 5) is 23.0. The number of hydrogen-bond acceptors (Lipinski definition) is 4. The van der Waals surface area contributed by atoms with Crippen LogP contribution in [0.15, 0.2) is 28.7 Å². The minimum Gasteiger partial charge on any atom is -0.478 e. The quantitative estimate of drug-likeness (QED) is 0.883. The van der Waals surface area contributed by atoms with E-state index in [4.69, 9.17) is 14.3 Å². The number of alkyl carbamates (subject to hydrolysis) is 1. The van der Waals surface area contributed by atoms with Gasteiger partial charge in [0.05, 0.1) is 5.56 Å². The number of carbonyl (C=O) groups is 2. The topological polar surface area (TPSA) is 88.8 Å². The van der Waals surface area contributed by atoms with E-state index in [-0.39, 0.29) is 5.56 Å². The maximum Gasteiger partial charge on any atom is 0.408 e. The number of rotatable bonds is 4. The Kier molecular flexibility index (Phi) is 4.60. The summed E-state index contributed by atoms with van der Waals surface area (Å²) in [5.41, 5.74) is -0.317. The molecule has 0 saturated heterocycles. The Balaban J connectivity index is 2.12. The van der Waals surface area contributed by atoms with Gasteiger partial charge in [-0.05, 0) is 58.9 Å². The third kappa shape index (κ3) is 4.75. The Morgan fingerprint density at radius 2 is 1.83 bits per heavy atom. The van der Waals surface area contributed by atoms with Crippen molar-refractivity contribution in [3.63, 3.8) is 0 Å². The van der Waals surface area contributed by atoms with Gasteiger partial charge in [-0.15, -0.1) is 0 Å². The molecular weight excluding hydrogens is 310 g/mol. The first kappa shape index (κ1) is 17.8. The summed E-state index contributed by atoms with van der Waals surface area (Å²) in [6.45, 7) is 9.15. The van der Waals surface area contributed by atoms with Crippen molar-refractivity contribution >= 4 is 23.0 Å². The summed E-state index contributed by atoms with van der Waals surface area (Å²) in [7, 11) is 0. The van der Waals surface area contributed by atoms with Crippen LogP contribution in [0.2, 0.25) is 0 Å². The Bertz CT molecular complexity index is 767. The fourth-order valence-electron chi connectivity index (χ4n) is 2.38. The molecule has 0 atom stereocenters. The predicted octanol–water partition coefficient (Wildman–Crippen LogP) is 3.98. The lowest BCUT2D eigenvalue weighted by Crippen LogP contribution is -2.47. The first-order valence-corrected chi connectivity index (χ1v) is 7.72. The molecule has 2 rings (SSSR count). The van der Waals surface area contributed by atoms with E-state index in [1.165, 1.54) is 6.07 Å². The van der Waals surface area contributed by atoms with E-state index in [2.05, 4.69) is 5.32 Å². The second kappa shape index (κ2) is 6.19. The maximum absolute atomic E-state index is 11.9. The summed E-state index contributed by atoms with van der Waals surface area (Å²) in [5.74, 6) is -0.319. The van der Waals surface area contributed by atoms with Crippen LogP contribution in [0.25, 0.3) is 11.0 Å². The minimum atomic E-state index is -0.980. The highest BCUT2D eigenvalue weighted by atomic mass is 16.6. The van der Waals surface area contributed by atoms with Gasteiger partial charge in [-0.2, -0.15) is 0 Å². The zero-order chi connectivity index (χ0) is 18.1. The molecule has 1 amide bonds. The molecule has 1 aromatic heterocycles. The lowest BCUT2D eigenvalue weighted by Gasteiger charge is -2.28. The molecule has 0 aliphatic carbocycles. The molecule has 6 nitrogen and oxygen atoms in total. The fraction of sp³-hybridized carbons (Fsp3) is 0.444. The van der Waals surface area contributed by atoms with Crippen molar-refractivity contribution < 1.29 is 23.8 Å². The normalized spacial score (nSPS) is 12.2. The molecule has 0 fully saturated rings. The first-order valence-electron chi connectivity index (χ1n) is 7.72. The highest BCUT2D eigenvalue weighted by Gasteiger charge is 2.26. The van der Waals surface area contributed by atoms with E-state index in [1.807, 2.05) is 13.8 Å². The number of carboxylic acid groups (broad SMARTS) is 1. The largest absolute Gasteiger partial charge is 0.478 e. The summed E-state index contributed by atoms with van der Waals surface area (Å²) in [6, 6.07) is 6.50. The molecule has 0 radical (unpaired) electrons. The summed E-state index contributed by atoms with van der Waals surface area (Å²) in [5, 5.41) is 12.6. The maximum atomic E-state index is 11.9. The number of furan rings is 1. The van der Waals surface area contributed by atoms with Gasteiger partial charge in [0, 0.05) is 17.3 Å². The third-order valence-corrected chi connectivity index (χ3v) is 3.27. The van der Waals surface area contributed by atoms with Crippen LogP contribution in [0, 0.1) is 0 Å². The molecule has 0 unspecified atom stereocenters. The van der Waals surface area contributed by atoms with Crippen LogP contribution in [0.4, 0.5) is 4.79 Å². The van der Waals surface area contributed by atoms with E-state index in [9.17, 15) is 9.59 Å². The van der Waals surface area contributed by atoms with Crippen LogP contribution in [-0.4, -0.2) is 28.3 Å². The lowest BCUT2D eigenvalue weighted by atomic mass is 9.99. The number of amides is 1. The van der Waals surface area contributed by atoms with Gasteiger partial charge >= 0.3 is 12.1 Å². The first-order chi connectivity index (χ1) is 11.0. The third-order valence-electron chi connectivity index (χ3n) is 3.27. The molecular formula is C18H23NO5. The molecule has 130 valence electrons. The van der Waals surface area contributed by atoms with Gasteiger partial charge < -0.3 is 19.6 Å². The van der Waals surface area contributed by atoms with Crippen LogP contribution in [0.1, 0.15) is 50.7 Å². The molecule has 1 heterocycles. The standard InChI is InChI=1S/C18H23NO5/c1-17(2,3)24-16(22)19-18(4,5)10-13-9-12-8-11(15(20)21)6-7-14(12)23-13/h6-9H,10H2,1-5H3,(H,19,22)(H,20,21). The zero-order valence-electron chi connectivity index (χ0n) is 14.6. The van der Waals surface area contributed by atoms with E-state index in [0.717, 1.165) is 5.39 Å². The van der Waals surface area contributed by atoms with Gasteiger partial charge in [0.15, 0.2) is 0 Å². The Morgan fingerprint density at radius 1 is 1.17 bits per heavy atom. The molecule has 24 heavy (non-hydrogen) atoms. The average Bonchev–Trinajstić information content (AvgIpc) is 2.74. The van der Waals surface area contributed by atoms with Crippen LogP contribution in [0.5, 0.6) is 0 Å². The average molecular weight is 333 g/mol.